The lowest BCUT2D eigenvalue weighted by Gasteiger charge is -2.42. The number of piperidine rings is 1. The molecule has 2 amide bonds. The number of hydrogen-bond acceptors (Lipinski definition) is 5. The Morgan fingerprint density at radius 3 is 2.64 bits per heavy atom. The predicted molar refractivity (Wildman–Crippen MR) is 103 cm³/mol. The topological polar surface area (TPSA) is 79.3 Å². The number of hydrogen-bond donors (Lipinski definition) is 0. The quantitative estimate of drug-likeness (QED) is 0.796. The second kappa shape index (κ2) is 8.46. The molecular formula is C21H25N5O2. The summed E-state index contributed by atoms with van der Waals surface area (Å²) in [5.74, 6) is 0.309. The zero-order valence-corrected chi connectivity index (χ0v) is 15.9. The van der Waals surface area contributed by atoms with Gasteiger partial charge < -0.3 is 9.80 Å². The van der Waals surface area contributed by atoms with Gasteiger partial charge in [-0.2, -0.15) is 10.2 Å². The summed E-state index contributed by atoms with van der Waals surface area (Å²) >= 11 is 0. The number of pyridine rings is 1. The summed E-state index contributed by atoms with van der Waals surface area (Å²) in [6.07, 6.45) is 11.5. The maximum atomic E-state index is 13.2. The van der Waals surface area contributed by atoms with Gasteiger partial charge in [-0.3, -0.25) is 14.6 Å². The van der Waals surface area contributed by atoms with E-state index in [4.69, 9.17) is 0 Å². The van der Waals surface area contributed by atoms with E-state index in [1.807, 2.05) is 28.1 Å². The third-order valence-corrected chi connectivity index (χ3v) is 5.77. The summed E-state index contributed by atoms with van der Waals surface area (Å²) in [5.41, 5.74) is 1.57. The van der Waals surface area contributed by atoms with E-state index in [0.717, 1.165) is 37.7 Å². The summed E-state index contributed by atoms with van der Waals surface area (Å²) in [5, 5.41) is 7.55. The Bertz CT molecular complexity index is 810. The van der Waals surface area contributed by atoms with Crippen molar-refractivity contribution in [1.82, 2.24) is 25.0 Å². The van der Waals surface area contributed by atoms with Gasteiger partial charge in [-0.15, -0.1) is 0 Å². The average Bonchev–Trinajstić information content (AvgIpc) is 2.71. The van der Waals surface area contributed by atoms with Crippen molar-refractivity contribution < 1.29 is 9.59 Å². The van der Waals surface area contributed by atoms with Gasteiger partial charge in [0.05, 0.1) is 18.0 Å². The van der Waals surface area contributed by atoms with E-state index in [9.17, 15) is 9.59 Å². The minimum Gasteiger partial charge on any atom is -0.337 e. The van der Waals surface area contributed by atoms with Gasteiger partial charge in [-0.25, -0.2) is 0 Å². The highest BCUT2D eigenvalue weighted by atomic mass is 16.2. The van der Waals surface area contributed by atoms with Gasteiger partial charge in [-0.1, -0.05) is 12.5 Å². The molecular weight excluding hydrogens is 354 g/mol. The number of rotatable bonds is 5. The molecule has 2 fully saturated rings. The molecule has 0 bridgehead atoms. The van der Waals surface area contributed by atoms with Crippen molar-refractivity contribution in [3.05, 3.63) is 54.1 Å². The highest BCUT2D eigenvalue weighted by molar-refractivity contribution is 5.94. The number of amides is 2. The van der Waals surface area contributed by atoms with Crippen LogP contribution in [-0.4, -0.2) is 55.9 Å². The van der Waals surface area contributed by atoms with Gasteiger partial charge >= 0.3 is 0 Å². The van der Waals surface area contributed by atoms with E-state index in [1.165, 1.54) is 12.4 Å². The van der Waals surface area contributed by atoms with Crippen molar-refractivity contribution in [2.24, 2.45) is 5.92 Å². The first kappa shape index (κ1) is 18.5. The Labute approximate surface area is 164 Å². The Hall–Kier alpha value is -2.83. The maximum absolute atomic E-state index is 13.2. The summed E-state index contributed by atoms with van der Waals surface area (Å²) in [4.78, 5) is 34.0. The van der Waals surface area contributed by atoms with Crippen molar-refractivity contribution in [2.75, 3.05) is 13.1 Å². The Morgan fingerprint density at radius 2 is 1.96 bits per heavy atom. The molecule has 3 heterocycles. The molecule has 7 heteroatoms. The molecule has 0 spiro atoms. The van der Waals surface area contributed by atoms with E-state index in [0.29, 0.717) is 25.2 Å². The lowest BCUT2D eigenvalue weighted by molar-refractivity contribution is -0.142. The van der Waals surface area contributed by atoms with Crippen LogP contribution in [0.25, 0.3) is 0 Å². The molecule has 1 unspecified atom stereocenters. The van der Waals surface area contributed by atoms with E-state index >= 15 is 0 Å². The standard InChI is InChI=1S/C21H25N5O2/c27-20(18-8-10-23-24-13-18)25-11-3-7-19(15-25)26(21(28)17-5-1-6-17)14-16-4-2-9-22-12-16/h2,4,8-10,12-13,17,19H,1,3,5-7,11,14-15H2. The zero-order chi connectivity index (χ0) is 19.3. The van der Waals surface area contributed by atoms with Crippen LogP contribution in [0.2, 0.25) is 0 Å². The molecule has 1 aliphatic carbocycles. The molecule has 1 saturated heterocycles. The van der Waals surface area contributed by atoms with Crippen LogP contribution in [0.4, 0.5) is 0 Å². The molecule has 0 aromatic carbocycles. The van der Waals surface area contributed by atoms with Crippen molar-refractivity contribution in [1.29, 1.82) is 0 Å². The van der Waals surface area contributed by atoms with Gasteiger partial charge in [0.15, 0.2) is 0 Å². The molecule has 0 radical (unpaired) electrons. The van der Waals surface area contributed by atoms with Crippen LogP contribution in [0.5, 0.6) is 0 Å². The third-order valence-electron chi connectivity index (χ3n) is 5.77. The largest absolute Gasteiger partial charge is 0.337 e. The molecule has 7 nitrogen and oxygen atoms in total. The van der Waals surface area contributed by atoms with Crippen molar-refractivity contribution >= 4 is 11.8 Å². The van der Waals surface area contributed by atoms with E-state index in [1.54, 1.807) is 12.3 Å². The minimum absolute atomic E-state index is 0.0285. The second-order valence-electron chi connectivity index (χ2n) is 7.63. The van der Waals surface area contributed by atoms with E-state index in [2.05, 4.69) is 15.2 Å². The monoisotopic (exact) mass is 379 g/mol. The predicted octanol–water partition coefficient (Wildman–Crippen LogP) is 2.31. The fourth-order valence-corrected chi connectivity index (χ4v) is 3.96. The van der Waals surface area contributed by atoms with Gasteiger partial charge in [0.2, 0.25) is 5.91 Å². The van der Waals surface area contributed by atoms with Crippen molar-refractivity contribution in [3.8, 4) is 0 Å². The Balaban J connectivity index is 1.51. The second-order valence-corrected chi connectivity index (χ2v) is 7.63. The van der Waals surface area contributed by atoms with E-state index < -0.39 is 0 Å². The van der Waals surface area contributed by atoms with Gasteiger partial charge in [0.25, 0.3) is 5.91 Å². The fraction of sp³-hybridized carbons (Fsp3) is 0.476. The summed E-state index contributed by atoms with van der Waals surface area (Å²) in [6, 6.07) is 5.61. The SMILES string of the molecule is O=C(c1ccnnc1)N1CCCC(N(Cc2cccnc2)C(=O)C2CCC2)C1. The number of carbonyl (C=O) groups is 2. The number of aromatic nitrogens is 3. The van der Waals surface area contributed by atoms with Gasteiger partial charge in [-0.05, 0) is 43.4 Å². The van der Waals surface area contributed by atoms with Crippen LogP contribution < -0.4 is 0 Å². The highest BCUT2D eigenvalue weighted by Gasteiger charge is 2.36. The molecule has 4 rings (SSSR count). The number of carbonyl (C=O) groups excluding carboxylic acids is 2. The molecule has 2 aliphatic rings. The Morgan fingerprint density at radius 1 is 1.07 bits per heavy atom. The van der Waals surface area contributed by atoms with Crippen LogP contribution in [0.1, 0.15) is 48.0 Å². The smallest absolute Gasteiger partial charge is 0.255 e. The molecule has 2 aromatic rings. The van der Waals surface area contributed by atoms with Crippen LogP contribution in [0.15, 0.2) is 43.0 Å². The van der Waals surface area contributed by atoms with Crippen molar-refractivity contribution in [2.45, 2.75) is 44.7 Å². The number of likely N-dealkylation sites (tertiary alicyclic amines) is 1. The summed E-state index contributed by atoms with van der Waals surface area (Å²) in [6.45, 7) is 1.81. The van der Waals surface area contributed by atoms with Crippen LogP contribution in [0, 0.1) is 5.92 Å². The summed E-state index contributed by atoms with van der Waals surface area (Å²) in [7, 11) is 0. The van der Waals surface area contributed by atoms with Crippen LogP contribution >= 0.6 is 0 Å². The molecule has 1 atom stereocenters. The molecule has 146 valence electrons. The van der Waals surface area contributed by atoms with Crippen molar-refractivity contribution in [3.63, 3.8) is 0 Å². The molecule has 0 N–H and O–H groups in total. The van der Waals surface area contributed by atoms with Crippen LogP contribution in [-0.2, 0) is 11.3 Å². The highest BCUT2D eigenvalue weighted by Crippen LogP contribution is 2.31. The van der Waals surface area contributed by atoms with Crippen LogP contribution in [0.3, 0.4) is 0 Å². The lowest BCUT2D eigenvalue weighted by Crippen LogP contribution is -2.53. The van der Waals surface area contributed by atoms with E-state index in [-0.39, 0.29) is 23.8 Å². The Kier molecular flexibility index (Phi) is 5.60. The zero-order valence-electron chi connectivity index (χ0n) is 15.9. The first-order valence-corrected chi connectivity index (χ1v) is 9.98. The minimum atomic E-state index is -0.0444. The van der Waals surface area contributed by atoms with Gasteiger partial charge in [0.1, 0.15) is 0 Å². The third kappa shape index (κ3) is 4.03. The maximum Gasteiger partial charge on any atom is 0.255 e. The lowest BCUT2D eigenvalue weighted by atomic mass is 9.83. The normalized spacial score (nSPS) is 19.7. The number of nitrogens with zero attached hydrogens (tertiary/aromatic N) is 5. The molecule has 1 saturated carbocycles. The first-order valence-electron chi connectivity index (χ1n) is 9.98. The first-order chi connectivity index (χ1) is 13.7. The molecule has 1 aliphatic heterocycles. The fourth-order valence-electron chi connectivity index (χ4n) is 3.96. The molecule has 28 heavy (non-hydrogen) atoms. The molecule has 2 aromatic heterocycles. The van der Waals surface area contributed by atoms with Gasteiger partial charge in [0, 0.05) is 44.0 Å². The average molecular weight is 379 g/mol. The summed E-state index contributed by atoms with van der Waals surface area (Å²) < 4.78 is 0.